The van der Waals surface area contributed by atoms with E-state index in [4.69, 9.17) is 5.73 Å². The number of pyridine rings is 1. The van der Waals surface area contributed by atoms with Crippen LogP contribution in [0.1, 0.15) is 5.56 Å². The van der Waals surface area contributed by atoms with E-state index in [1.807, 2.05) is 24.3 Å². The Kier molecular flexibility index (Phi) is 3.41. The number of nitrogens with one attached hydrogen (secondary N) is 1. The molecule has 0 radical (unpaired) electrons. The van der Waals surface area contributed by atoms with Gasteiger partial charge in [-0.3, -0.25) is 4.98 Å². The molecule has 0 spiro atoms. The number of rotatable bonds is 3. The van der Waals surface area contributed by atoms with Gasteiger partial charge in [-0.1, -0.05) is 34.1 Å². The highest BCUT2D eigenvalue weighted by atomic mass is 79.9. The highest BCUT2D eigenvalue weighted by Gasteiger charge is 2.00. The van der Waals surface area contributed by atoms with Gasteiger partial charge in [0.25, 0.3) is 0 Å². The Morgan fingerprint density at radius 1 is 1.25 bits per heavy atom. The summed E-state index contributed by atoms with van der Waals surface area (Å²) in [6.45, 7) is 0.732. The lowest BCUT2D eigenvalue weighted by atomic mass is 10.2. The van der Waals surface area contributed by atoms with E-state index in [0.29, 0.717) is 5.69 Å². The smallest absolute Gasteiger partial charge is 0.0736 e. The molecule has 1 aromatic carbocycles. The second-order valence-electron chi connectivity index (χ2n) is 3.41. The molecule has 2 aromatic rings. The van der Waals surface area contributed by atoms with Gasteiger partial charge in [0.15, 0.2) is 0 Å². The summed E-state index contributed by atoms with van der Waals surface area (Å²) < 4.78 is 1.09. The van der Waals surface area contributed by atoms with Crippen LogP contribution in [0, 0.1) is 0 Å². The fourth-order valence-corrected chi connectivity index (χ4v) is 1.82. The van der Waals surface area contributed by atoms with Crippen LogP contribution in [0.4, 0.5) is 11.4 Å². The molecule has 2 rings (SSSR count). The number of hydrogen-bond donors (Lipinski definition) is 2. The highest BCUT2D eigenvalue weighted by molar-refractivity contribution is 9.10. The number of aromatic nitrogens is 1. The zero-order valence-corrected chi connectivity index (χ0v) is 10.2. The van der Waals surface area contributed by atoms with Gasteiger partial charge >= 0.3 is 0 Å². The Morgan fingerprint density at radius 3 is 2.81 bits per heavy atom. The Labute approximate surface area is 103 Å². The highest BCUT2D eigenvalue weighted by Crippen LogP contribution is 2.20. The van der Waals surface area contributed by atoms with E-state index in [2.05, 4.69) is 32.3 Å². The van der Waals surface area contributed by atoms with Crippen LogP contribution < -0.4 is 11.1 Å². The van der Waals surface area contributed by atoms with Crippen LogP contribution in [-0.4, -0.2) is 4.98 Å². The van der Waals surface area contributed by atoms with Crippen LogP contribution in [0.5, 0.6) is 0 Å². The standard InChI is InChI=1S/C12H12BrN3/c13-10-4-2-1-3-9(10)7-16-12-5-6-15-8-11(12)14/h1-6,8H,7,14H2,(H,15,16). The number of hydrogen-bond acceptors (Lipinski definition) is 3. The lowest BCUT2D eigenvalue weighted by Crippen LogP contribution is -2.03. The first kappa shape index (κ1) is 11.0. The maximum atomic E-state index is 5.79. The minimum Gasteiger partial charge on any atom is -0.396 e. The predicted octanol–water partition coefficient (Wildman–Crippen LogP) is 3.04. The average molecular weight is 278 g/mol. The summed E-state index contributed by atoms with van der Waals surface area (Å²) in [7, 11) is 0. The predicted molar refractivity (Wildman–Crippen MR) is 70.1 cm³/mol. The van der Waals surface area contributed by atoms with Crippen LogP contribution in [0.2, 0.25) is 0 Å². The first-order valence-electron chi connectivity index (χ1n) is 4.94. The third kappa shape index (κ3) is 2.52. The third-order valence-electron chi connectivity index (χ3n) is 2.28. The molecule has 3 nitrogen and oxygen atoms in total. The van der Waals surface area contributed by atoms with Crippen molar-refractivity contribution in [2.24, 2.45) is 0 Å². The minimum atomic E-state index is 0.662. The van der Waals surface area contributed by atoms with Crippen molar-refractivity contribution < 1.29 is 0 Å². The second-order valence-corrected chi connectivity index (χ2v) is 4.26. The van der Waals surface area contributed by atoms with Crippen LogP contribution >= 0.6 is 15.9 Å². The molecule has 0 aliphatic rings. The van der Waals surface area contributed by atoms with E-state index < -0.39 is 0 Å². The Balaban J connectivity index is 2.09. The molecule has 0 saturated carbocycles. The second kappa shape index (κ2) is 4.99. The number of benzene rings is 1. The van der Waals surface area contributed by atoms with Gasteiger partial charge in [-0.25, -0.2) is 0 Å². The van der Waals surface area contributed by atoms with Crippen molar-refractivity contribution in [3.05, 3.63) is 52.8 Å². The summed E-state index contributed by atoms with van der Waals surface area (Å²) >= 11 is 3.50. The lowest BCUT2D eigenvalue weighted by molar-refractivity contribution is 1.13. The van der Waals surface area contributed by atoms with Gasteiger partial charge in [-0.2, -0.15) is 0 Å². The normalized spacial score (nSPS) is 10.1. The minimum absolute atomic E-state index is 0.662. The maximum absolute atomic E-state index is 5.79. The van der Waals surface area contributed by atoms with Crippen molar-refractivity contribution in [3.8, 4) is 0 Å². The zero-order valence-electron chi connectivity index (χ0n) is 8.65. The molecule has 0 amide bonds. The summed E-state index contributed by atoms with van der Waals surface area (Å²) in [4.78, 5) is 3.94. The molecule has 1 heterocycles. The largest absolute Gasteiger partial charge is 0.396 e. The molecule has 0 unspecified atom stereocenters. The van der Waals surface area contributed by atoms with Gasteiger partial charge in [0, 0.05) is 17.2 Å². The van der Waals surface area contributed by atoms with E-state index >= 15 is 0 Å². The number of anilines is 2. The van der Waals surface area contributed by atoms with Gasteiger partial charge in [0.05, 0.1) is 17.6 Å². The number of nitrogens with two attached hydrogens (primary N) is 1. The molecular formula is C12H12BrN3. The molecule has 0 saturated heterocycles. The zero-order chi connectivity index (χ0) is 11.4. The third-order valence-corrected chi connectivity index (χ3v) is 3.05. The van der Waals surface area contributed by atoms with Crippen LogP contribution in [0.15, 0.2) is 47.2 Å². The van der Waals surface area contributed by atoms with E-state index in [-0.39, 0.29) is 0 Å². The van der Waals surface area contributed by atoms with Crippen molar-refractivity contribution in [3.63, 3.8) is 0 Å². The quantitative estimate of drug-likeness (QED) is 0.907. The van der Waals surface area contributed by atoms with Gasteiger partial charge in [0.2, 0.25) is 0 Å². The monoisotopic (exact) mass is 277 g/mol. The van der Waals surface area contributed by atoms with E-state index in [1.165, 1.54) is 5.56 Å². The maximum Gasteiger partial charge on any atom is 0.0736 e. The van der Waals surface area contributed by atoms with E-state index in [0.717, 1.165) is 16.7 Å². The van der Waals surface area contributed by atoms with Crippen LogP contribution in [-0.2, 0) is 6.54 Å². The van der Waals surface area contributed by atoms with Crippen molar-refractivity contribution in [1.29, 1.82) is 0 Å². The Bertz CT molecular complexity index is 440. The molecule has 0 aliphatic carbocycles. The van der Waals surface area contributed by atoms with Gasteiger partial charge in [-0.15, -0.1) is 0 Å². The topological polar surface area (TPSA) is 50.9 Å². The van der Waals surface area contributed by atoms with Gasteiger partial charge < -0.3 is 11.1 Å². The molecule has 4 heteroatoms. The fraction of sp³-hybridized carbons (Fsp3) is 0.0833. The number of nitrogens with zero attached hydrogens (tertiary/aromatic N) is 1. The lowest BCUT2D eigenvalue weighted by Gasteiger charge is -2.09. The van der Waals surface area contributed by atoms with Crippen molar-refractivity contribution >= 4 is 27.3 Å². The Morgan fingerprint density at radius 2 is 2.06 bits per heavy atom. The summed E-state index contributed by atoms with van der Waals surface area (Å²) in [5.41, 5.74) is 8.55. The van der Waals surface area contributed by atoms with E-state index in [9.17, 15) is 0 Å². The molecule has 0 bridgehead atoms. The van der Waals surface area contributed by atoms with Crippen molar-refractivity contribution in [2.45, 2.75) is 6.54 Å². The van der Waals surface area contributed by atoms with E-state index in [1.54, 1.807) is 12.4 Å². The summed E-state index contributed by atoms with van der Waals surface area (Å²) in [6.07, 6.45) is 3.36. The summed E-state index contributed by atoms with van der Waals surface area (Å²) in [6, 6.07) is 9.96. The first-order chi connectivity index (χ1) is 7.77. The van der Waals surface area contributed by atoms with Crippen LogP contribution in [0.25, 0.3) is 0 Å². The number of halogens is 1. The molecule has 82 valence electrons. The van der Waals surface area contributed by atoms with Crippen molar-refractivity contribution in [2.75, 3.05) is 11.1 Å². The molecule has 0 aliphatic heterocycles. The SMILES string of the molecule is Nc1cnccc1NCc1ccccc1Br. The molecule has 0 atom stereocenters. The number of nitrogen functional groups attached to an aromatic ring is 1. The molecule has 0 fully saturated rings. The summed E-state index contributed by atoms with van der Waals surface area (Å²) in [5.74, 6) is 0. The molecule has 3 N–H and O–H groups in total. The van der Waals surface area contributed by atoms with Crippen molar-refractivity contribution in [1.82, 2.24) is 4.98 Å². The molecule has 1 aromatic heterocycles. The fourth-order valence-electron chi connectivity index (χ4n) is 1.40. The average Bonchev–Trinajstić information content (AvgIpc) is 2.30. The molecule has 16 heavy (non-hydrogen) atoms. The summed E-state index contributed by atoms with van der Waals surface area (Å²) in [5, 5.41) is 3.28. The van der Waals surface area contributed by atoms with Gasteiger partial charge in [0.1, 0.15) is 0 Å². The van der Waals surface area contributed by atoms with Crippen LogP contribution in [0.3, 0.4) is 0 Å². The molecular weight excluding hydrogens is 266 g/mol. The first-order valence-corrected chi connectivity index (χ1v) is 5.73. The Hall–Kier alpha value is -1.55. The van der Waals surface area contributed by atoms with Gasteiger partial charge in [-0.05, 0) is 17.7 Å².